The number of nitro benzene ring substituents is 1. The number of nitro groups is 1. The van der Waals surface area contributed by atoms with Gasteiger partial charge in [-0.15, -0.1) is 0 Å². The van der Waals surface area contributed by atoms with Crippen LogP contribution in [0.1, 0.15) is 12.8 Å². The van der Waals surface area contributed by atoms with Gasteiger partial charge in [-0.25, -0.2) is 8.42 Å². The highest BCUT2D eigenvalue weighted by atomic mass is 32.2. The fourth-order valence-corrected chi connectivity index (χ4v) is 3.50. The number of nitrogens with one attached hydrogen (secondary N) is 1. The standard InChI is InChI=1S/C13H19N3O4S/c1-15(9-10-5-4-8-14-10)11-6-3-7-12(21(2,19)20)13(11)16(17)18/h3,6-7,10,14H,4-5,8-9H2,1-2H3. The number of sulfone groups is 1. The van der Waals surface area contributed by atoms with E-state index in [-0.39, 0.29) is 16.6 Å². The Kier molecular flexibility index (Phi) is 4.48. The third-order valence-corrected chi connectivity index (χ3v) is 4.76. The number of benzene rings is 1. The second kappa shape index (κ2) is 5.98. The number of hydrogen-bond acceptors (Lipinski definition) is 6. The molecule has 0 aliphatic carbocycles. The average Bonchev–Trinajstić information content (AvgIpc) is 2.89. The number of hydrogen-bond donors (Lipinski definition) is 1. The normalized spacial score (nSPS) is 18.7. The molecule has 1 saturated heterocycles. The van der Waals surface area contributed by atoms with Gasteiger partial charge in [0.1, 0.15) is 10.6 Å². The van der Waals surface area contributed by atoms with Crippen molar-refractivity contribution in [2.24, 2.45) is 0 Å². The second-order valence-electron chi connectivity index (χ2n) is 5.33. The van der Waals surface area contributed by atoms with Crippen LogP contribution in [0.25, 0.3) is 0 Å². The van der Waals surface area contributed by atoms with Crippen molar-refractivity contribution in [3.63, 3.8) is 0 Å². The second-order valence-corrected chi connectivity index (χ2v) is 7.31. The molecular formula is C13H19N3O4S. The summed E-state index contributed by atoms with van der Waals surface area (Å²) in [5.41, 5.74) is -0.0166. The van der Waals surface area contributed by atoms with Crippen molar-refractivity contribution in [1.29, 1.82) is 0 Å². The van der Waals surface area contributed by atoms with Crippen molar-refractivity contribution in [2.75, 3.05) is 31.3 Å². The number of para-hydroxylation sites is 1. The highest BCUT2D eigenvalue weighted by Crippen LogP contribution is 2.34. The predicted molar refractivity (Wildman–Crippen MR) is 80.5 cm³/mol. The van der Waals surface area contributed by atoms with Gasteiger partial charge in [0, 0.05) is 25.9 Å². The molecule has 2 rings (SSSR count). The van der Waals surface area contributed by atoms with Crippen molar-refractivity contribution >= 4 is 21.2 Å². The molecule has 0 bridgehead atoms. The molecule has 1 aromatic rings. The van der Waals surface area contributed by atoms with Gasteiger partial charge >= 0.3 is 5.69 Å². The third kappa shape index (κ3) is 3.51. The third-order valence-electron chi connectivity index (χ3n) is 3.63. The monoisotopic (exact) mass is 313 g/mol. The Balaban J connectivity index is 2.40. The van der Waals surface area contributed by atoms with Crippen molar-refractivity contribution in [1.82, 2.24) is 5.32 Å². The molecule has 1 heterocycles. The molecule has 8 heteroatoms. The number of anilines is 1. The lowest BCUT2D eigenvalue weighted by Crippen LogP contribution is -2.35. The maximum Gasteiger partial charge on any atom is 0.311 e. The van der Waals surface area contributed by atoms with E-state index in [0.717, 1.165) is 25.6 Å². The van der Waals surface area contributed by atoms with E-state index >= 15 is 0 Å². The van der Waals surface area contributed by atoms with Gasteiger partial charge in [0.05, 0.1) is 4.92 Å². The van der Waals surface area contributed by atoms with Crippen LogP contribution >= 0.6 is 0 Å². The summed E-state index contributed by atoms with van der Waals surface area (Å²) in [7, 11) is -1.90. The van der Waals surface area contributed by atoms with E-state index in [1.54, 1.807) is 18.0 Å². The lowest BCUT2D eigenvalue weighted by Gasteiger charge is -2.23. The van der Waals surface area contributed by atoms with E-state index < -0.39 is 14.8 Å². The highest BCUT2D eigenvalue weighted by molar-refractivity contribution is 7.90. The molecule has 1 aliphatic heterocycles. The number of nitrogens with zero attached hydrogens (tertiary/aromatic N) is 2. The van der Waals surface area contributed by atoms with E-state index in [4.69, 9.17) is 0 Å². The summed E-state index contributed by atoms with van der Waals surface area (Å²) in [6.07, 6.45) is 3.09. The van der Waals surface area contributed by atoms with Crippen molar-refractivity contribution in [3.8, 4) is 0 Å². The summed E-state index contributed by atoms with van der Waals surface area (Å²) in [4.78, 5) is 12.2. The fourth-order valence-electron chi connectivity index (χ4n) is 2.64. The SMILES string of the molecule is CN(CC1CCCN1)c1cccc(S(C)(=O)=O)c1[N+](=O)[O-]. The zero-order valence-electron chi connectivity index (χ0n) is 12.1. The number of likely N-dealkylation sites (N-methyl/N-ethyl adjacent to an activating group) is 1. The fraction of sp³-hybridized carbons (Fsp3) is 0.538. The summed E-state index contributed by atoms with van der Waals surface area (Å²) in [5, 5.41) is 14.7. The van der Waals surface area contributed by atoms with Gasteiger partial charge in [-0.05, 0) is 31.5 Å². The topological polar surface area (TPSA) is 92.6 Å². The summed E-state index contributed by atoms with van der Waals surface area (Å²) >= 11 is 0. The average molecular weight is 313 g/mol. The molecule has 1 aliphatic rings. The van der Waals surface area contributed by atoms with Crippen LogP contribution in [0.5, 0.6) is 0 Å². The van der Waals surface area contributed by atoms with Crippen LogP contribution in [0.2, 0.25) is 0 Å². The van der Waals surface area contributed by atoms with Gasteiger partial charge in [-0.3, -0.25) is 10.1 Å². The summed E-state index contributed by atoms with van der Waals surface area (Å²) < 4.78 is 23.5. The highest BCUT2D eigenvalue weighted by Gasteiger charge is 2.28. The van der Waals surface area contributed by atoms with Crippen LogP contribution in [-0.2, 0) is 9.84 Å². The lowest BCUT2D eigenvalue weighted by molar-refractivity contribution is -0.387. The quantitative estimate of drug-likeness (QED) is 0.648. The van der Waals surface area contributed by atoms with Crippen molar-refractivity contribution in [3.05, 3.63) is 28.3 Å². The molecule has 21 heavy (non-hydrogen) atoms. The molecule has 0 saturated carbocycles. The predicted octanol–water partition coefficient (Wildman–Crippen LogP) is 1.19. The minimum Gasteiger partial charge on any atom is -0.367 e. The van der Waals surface area contributed by atoms with Crippen LogP contribution in [-0.4, -0.2) is 45.8 Å². The van der Waals surface area contributed by atoms with Crippen molar-refractivity contribution < 1.29 is 13.3 Å². The van der Waals surface area contributed by atoms with Crippen LogP contribution in [0.4, 0.5) is 11.4 Å². The van der Waals surface area contributed by atoms with E-state index in [1.807, 2.05) is 0 Å². The lowest BCUT2D eigenvalue weighted by atomic mass is 10.2. The zero-order chi connectivity index (χ0) is 15.6. The van der Waals surface area contributed by atoms with E-state index in [1.165, 1.54) is 12.1 Å². The van der Waals surface area contributed by atoms with Crippen LogP contribution in [0.3, 0.4) is 0 Å². The minimum absolute atomic E-state index is 0.240. The molecule has 116 valence electrons. The van der Waals surface area contributed by atoms with Gasteiger partial charge in [0.2, 0.25) is 0 Å². The molecule has 1 fully saturated rings. The molecule has 0 amide bonds. The Morgan fingerprint density at radius 2 is 2.19 bits per heavy atom. The Labute approximate surface area is 124 Å². The van der Waals surface area contributed by atoms with Gasteiger partial charge in [-0.2, -0.15) is 0 Å². The Hall–Kier alpha value is -1.67. The first kappa shape index (κ1) is 15.7. The number of rotatable bonds is 5. The van der Waals surface area contributed by atoms with E-state index in [9.17, 15) is 18.5 Å². The van der Waals surface area contributed by atoms with Gasteiger partial charge < -0.3 is 10.2 Å². The molecular weight excluding hydrogens is 294 g/mol. The molecule has 1 atom stereocenters. The molecule has 0 radical (unpaired) electrons. The van der Waals surface area contributed by atoms with Crippen LogP contribution in [0.15, 0.2) is 23.1 Å². The molecule has 0 spiro atoms. The first-order chi connectivity index (χ1) is 9.80. The molecule has 0 aromatic heterocycles. The Morgan fingerprint density at radius 1 is 1.48 bits per heavy atom. The molecule has 1 aromatic carbocycles. The van der Waals surface area contributed by atoms with Crippen LogP contribution < -0.4 is 10.2 Å². The molecule has 1 unspecified atom stereocenters. The van der Waals surface area contributed by atoms with Crippen molar-refractivity contribution in [2.45, 2.75) is 23.8 Å². The zero-order valence-corrected chi connectivity index (χ0v) is 12.9. The summed E-state index contributed by atoms with van der Waals surface area (Å²) in [5.74, 6) is 0. The van der Waals surface area contributed by atoms with E-state index in [0.29, 0.717) is 12.2 Å². The summed E-state index contributed by atoms with van der Waals surface area (Å²) in [6.45, 7) is 1.55. The largest absolute Gasteiger partial charge is 0.367 e. The first-order valence-corrected chi connectivity index (χ1v) is 8.62. The molecule has 7 nitrogen and oxygen atoms in total. The van der Waals surface area contributed by atoms with Crippen LogP contribution in [0, 0.1) is 10.1 Å². The first-order valence-electron chi connectivity index (χ1n) is 6.72. The maximum atomic E-state index is 11.7. The van der Waals surface area contributed by atoms with Gasteiger partial charge in [0.15, 0.2) is 9.84 Å². The molecule has 1 N–H and O–H groups in total. The van der Waals surface area contributed by atoms with Gasteiger partial charge in [0.25, 0.3) is 0 Å². The maximum absolute atomic E-state index is 11.7. The van der Waals surface area contributed by atoms with E-state index in [2.05, 4.69) is 5.32 Å². The minimum atomic E-state index is -3.65. The van der Waals surface area contributed by atoms with Gasteiger partial charge in [-0.1, -0.05) is 6.07 Å². The smallest absolute Gasteiger partial charge is 0.311 e. The summed E-state index contributed by atoms with van der Waals surface area (Å²) in [6, 6.07) is 4.68. The Morgan fingerprint density at radius 3 is 2.71 bits per heavy atom. The Bertz CT molecular complexity index is 639.